The molecule has 184 valence electrons. The summed E-state index contributed by atoms with van der Waals surface area (Å²) in [5.74, 6) is -8.39. The molecule has 0 radical (unpaired) electrons. The number of nitrogens with zero attached hydrogens (tertiary/aromatic N) is 2. The predicted octanol–water partition coefficient (Wildman–Crippen LogP) is 5.02. The van der Waals surface area contributed by atoms with E-state index in [1.807, 2.05) is 0 Å². The lowest BCUT2D eigenvalue weighted by Crippen LogP contribution is -2.19. The van der Waals surface area contributed by atoms with Crippen molar-refractivity contribution in [2.24, 2.45) is 5.73 Å². The molecule has 2 amide bonds. The second kappa shape index (κ2) is 9.61. The van der Waals surface area contributed by atoms with E-state index >= 15 is 0 Å². The number of para-hydroxylation sites is 1. The van der Waals surface area contributed by atoms with Gasteiger partial charge in [0.15, 0.2) is 23.3 Å². The van der Waals surface area contributed by atoms with Crippen LogP contribution in [0.1, 0.15) is 44.8 Å². The minimum atomic E-state index is -1.78. The van der Waals surface area contributed by atoms with Gasteiger partial charge in [-0.15, -0.1) is 0 Å². The Labute approximate surface area is 202 Å². The number of nitrogens with one attached hydrogen (secondary N) is 2. The largest absolute Gasteiger partial charge is 0.366 e. The van der Waals surface area contributed by atoms with Gasteiger partial charge in [-0.1, -0.05) is 18.2 Å². The Morgan fingerprint density at radius 3 is 2.28 bits per heavy atom. The summed E-state index contributed by atoms with van der Waals surface area (Å²) in [6, 6.07) is 10.8. The number of nitrogens with two attached hydrogens (primary N) is 1. The van der Waals surface area contributed by atoms with Crippen LogP contribution < -0.4 is 16.4 Å². The van der Waals surface area contributed by atoms with Crippen molar-refractivity contribution in [1.29, 1.82) is 0 Å². The summed E-state index contributed by atoms with van der Waals surface area (Å²) in [4.78, 5) is 32.6. The van der Waals surface area contributed by atoms with Gasteiger partial charge in [0.25, 0.3) is 11.8 Å². The molecule has 0 aliphatic heterocycles. The van der Waals surface area contributed by atoms with Crippen molar-refractivity contribution in [2.75, 3.05) is 10.6 Å². The van der Waals surface area contributed by atoms with Crippen molar-refractivity contribution in [1.82, 2.24) is 9.97 Å². The Balaban J connectivity index is 1.60. The quantitative estimate of drug-likeness (QED) is 0.256. The van der Waals surface area contributed by atoms with Crippen LogP contribution in [0.5, 0.6) is 0 Å². The summed E-state index contributed by atoms with van der Waals surface area (Å²) < 4.78 is 56.2. The maximum Gasteiger partial charge on any atom is 0.261 e. The summed E-state index contributed by atoms with van der Waals surface area (Å²) in [7, 11) is 0. The van der Waals surface area contributed by atoms with Gasteiger partial charge >= 0.3 is 0 Å². The number of hydrogen-bond acceptors (Lipinski definition) is 5. The molecule has 0 aliphatic carbocycles. The molecule has 11 heteroatoms. The molecule has 7 nitrogen and oxygen atoms in total. The molecular weight excluding hydrogens is 478 g/mol. The molecule has 0 spiro atoms. The second-order valence-electron chi connectivity index (χ2n) is 7.99. The highest BCUT2D eigenvalue weighted by molar-refractivity contribution is 6.07. The number of fused-ring (bicyclic) bond motifs is 1. The maximum absolute atomic E-state index is 14.2. The van der Waals surface area contributed by atoms with Crippen molar-refractivity contribution >= 4 is 34.2 Å². The third-order valence-electron chi connectivity index (χ3n) is 5.64. The Morgan fingerprint density at radius 2 is 1.61 bits per heavy atom. The first kappa shape index (κ1) is 24.6. The first-order valence-electron chi connectivity index (χ1n) is 10.6. The topological polar surface area (TPSA) is 110 Å². The predicted molar refractivity (Wildman–Crippen MR) is 125 cm³/mol. The highest BCUT2D eigenvalue weighted by Crippen LogP contribution is 2.28. The SMILES string of the molecule is Cc1c(F)c(F)c(C(=O)Nc2cccc([C@@H](C)Nc3ncnc4c(C(N)=O)cccc34)c2)c(F)c1F. The van der Waals surface area contributed by atoms with Crippen LogP contribution in [0.2, 0.25) is 0 Å². The van der Waals surface area contributed by atoms with E-state index in [9.17, 15) is 27.2 Å². The van der Waals surface area contributed by atoms with Gasteiger partial charge in [-0.3, -0.25) is 9.59 Å². The van der Waals surface area contributed by atoms with E-state index in [0.717, 1.165) is 6.92 Å². The lowest BCUT2D eigenvalue weighted by Gasteiger charge is -2.18. The normalized spacial score (nSPS) is 11.8. The van der Waals surface area contributed by atoms with Crippen LogP contribution in [-0.2, 0) is 0 Å². The lowest BCUT2D eigenvalue weighted by molar-refractivity contribution is 0.0997. The molecule has 1 atom stereocenters. The van der Waals surface area contributed by atoms with Crippen LogP contribution in [0.3, 0.4) is 0 Å². The molecule has 4 aromatic rings. The number of primary amides is 1. The van der Waals surface area contributed by atoms with Gasteiger partial charge in [0.2, 0.25) is 0 Å². The first-order valence-corrected chi connectivity index (χ1v) is 10.6. The molecule has 0 fully saturated rings. The van der Waals surface area contributed by atoms with Crippen molar-refractivity contribution in [3.63, 3.8) is 0 Å². The summed E-state index contributed by atoms with van der Waals surface area (Å²) >= 11 is 0. The highest BCUT2D eigenvalue weighted by Gasteiger charge is 2.27. The van der Waals surface area contributed by atoms with E-state index in [2.05, 4.69) is 20.6 Å². The average molecular weight is 497 g/mol. The summed E-state index contributed by atoms with van der Waals surface area (Å²) in [5, 5.41) is 6.00. The number of anilines is 2. The number of halogens is 4. The van der Waals surface area contributed by atoms with Gasteiger partial charge in [0.05, 0.1) is 17.1 Å². The van der Waals surface area contributed by atoms with E-state index in [-0.39, 0.29) is 11.3 Å². The molecule has 1 heterocycles. The van der Waals surface area contributed by atoms with Gasteiger partial charge in [-0.05, 0) is 43.7 Å². The van der Waals surface area contributed by atoms with Crippen LogP contribution in [0.15, 0.2) is 48.8 Å². The smallest absolute Gasteiger partial charge is 0.261 e. The first-order chi connectivity index (χ1) is 17.1. The third kappa shape index (κ3) is 4.42. The highest BCUT2D eigenvalue weighted by atomic mass is 19.2. The third-order valence-corrected chi connectivity index (χ3v) is 5.64. The minimum absolute atomic E-state index is 0.134. The van der Waals surface area contributed by atoms with Crippen molar-refractivity contribution in [3.8, 4) is 0 Å². The molecule has 0 aliphatic rings. The van der Waals surface area contributed by atoms with Crippen molar-refractivity contribution < 1.29 is 27.2 Å². The summed E-state index contributed by atoms with van der Waals surface area (Å²) in [6.45, 7) is 2.66. The van der Waals surface area contributed by atoms with Gasteiger partial charge in [-0.25, -0.2) is 27.5 Å². The van der Waals surface area contributed by atoms with Crippen LogP contribution in [0.25, 0.3) is 10.9 Å². The fraction of sp³-hybridized carbons (Fsp3) is 0.120. The molecule has 0 bridgehead atoms. The zero-order valence-electron chi connectivity index (χ0n) is 19.0. The summed E-state index contributed by atoms with van der Waals surface area (Å²) in [6.07, 6.45) is 1.28. The molecule has 0 saturated carbocycles. The molecule has 36 heavy (non-hydrogen) atoms. The van der Waals surface area contributed by atoms with Crippen molar-refractivity contribution in [3.05, 3.63) is 94.3 Å². The van der Waals surface area contributed by atoms with Gasteiger partial charge in [0, 0.05) is 16.6 Å². The van der Waals surface area contributed by atoms with E-state index in [1.165, 1.54) is 18.5 Å². The standard InChI is InChI=1S/C25H19F4N5O2/c1-11-18(26)20(28)17(21(29)19(11)27)25(36)34-14-6-3-5-13(9-14)12(2)33-24-16-8-4-7-15(23(30)35)22(16)31-10-32-24/h3-10,12H,1-2H3,(H2,30,35)(H,34,36)(H,31,32,33)/t12-/m1/s1. The van der Waals surface area contributed by atoms with Crippen LogP contribution in [0.4, 0.5) is 29.1 Å². The Kier molecular flexibility index (Phi) is 6.56. The number of carbonyl (C=O) groups excluding carboxylic acids is 2. The molecule has 0 saturated heterocycles. The number of benzene rings is 3. The van der Waals surface area contributed by atoms with Gasteiger partial charge in [-0.2, -0.15) is 0 Å². The number of rotatable bonds is 6. The Hall–Kier alpha value is -4.54. The molecule has 4 rings (SSSR count). The minimum Gasteiger partial charge on any atom is -0.366 e. The van der Waals surface area contributed by atoms with E-state index in [1.54, 1.807) is 37.3 Å². The second-order valence-corrected chi connectivity index (χ2v) is 7.99. The zero-order valence-corrected chi connectivity index (χ0v) is 19.0. The molecule has 0 unspecified atom stereocenters. The Bertz CT molecular complexity index is 1500. The van der Waals surface area contributed by atoms with Crippen LogP contribution >= 0.6 is 0 Å². The fourth-order valence-electron chi connectivity index (χ4n) is 3.71. The number of carbonyl (C=O) groups is 2. The Morgan fingerprint density at radius 1 is 0.944 bits per heavy atom. The fourth-order valence-corrected chi connectivity index (χ4v) is 3.71. The van der Waals surface area contributed by atoms with Crippen LogP contribution in [0, 0.1) is 30.2 Å². The molecule has 4 N–H and O–H groups in total. The van der Waals surface area contributed by atoms with E-state index in [0.29, 0.717) is 22.3 Å². The molecular formula is C25H19F4N5O2. The molecule has 1 aromatic heterocycles. The van der Waals surface area contributed by atoms with E-state index in [4.69, 9.17) is 5.73 Å². The zero-order chi connectivity index (χ0) is 26.1. The van der Waals surface area contributed by atoms with Crippen LogP contribution in [-0.4, -0.2) is 21.8 Å². The number of amides is 2. The van der Waals surface area contributed by atoms with Gasteiger partial charge in [0.1, 0.15) is 17.7 Å². The van der Waals surface area contributed by atoms with Gasteiger partial charge < -0.3 is 16.4 Å². The number of aromatic nitrogens is 2. The average Bonchev–Trinajstić information content (AvgIpc) is 2.86. The lowest BCUT2D eigenvalue weighted by atomic mass is 10.1. The molecule has 3 aromatic carbocycles. The summed E-state index contributed by atoms with van der Waals surface area (Å²) in [5.41, 5.74) is 4.58. The maximum atomic E-state index is 14.2. The monoisotopic (exact) mass is 497 g/mol. The van der Waals surface area contributed by atoms with Crippen molar-refractivity contribution in [2.45, 2.75) is 19.9 Å². The number of hydrogen-bond donors (Lipinski definition) is 3. The van der Waals surface area contributed by atoms with E-state index < -0.39 is 52.3 Å².